The molecule has 1 fully saturated rings. The van der Waals surface area contributed by atoms with Crippen molar-refractivity contribution in [1.29, 1.82) is 0 Å². The molecule has 0 aliphatic heterocycles. The van der Waals surface area contributed by atoms with Crippen LogP contribution in [0.1, 0.15) is 66.7 Å². The molecule has 0 spiro atoms. The van der Waals surface area contributed by atoms with E-state index in [9.17, 15) is 14.7 Å². The minimum Gasteiger partial charge on any atom is -0.480 e. The Morgan fingerprint density at radius 1 is 1.38 bits per heavy atom. The van der Waals surface area contributed by atoms with Crippen LogP contribution in [0.2, 0.25) is 0 Å². The Balaban J connectivity index is 2.79. The largest absolute Gasteiger partial charge is 0.480 e. The van der Waals surface area contributed by atoms with Gasteiger partial charge < -0.3 is 15.2 Å². The normalized spacial score (nSPS) is 26.5. The van der Waals surface area contributed by atoms with Gasteiger partial charge in [-0.3, -0.25) is 0 Å². The number of alkyl carbamates (subject to hydrolysis) is 1. The highest BCUT2D eigenvalue weighted by Gasteiger charge is 2.45. The first kappa shape index (κ1) is 17.8. The number of nitrogens with one attached hydrogen (secondary N) is 1. The van der Waals surface area contributed by atoms with E-state index in [2.05, 4.69) is 19.2 Å². The summed E-state index contributed by atoms with van der Waals surface area (Å²) in [6.07, 6.45) is 3.15. The molecule has 0 aromatic carbocycles. The van der Waals surface area contributed by atoms with E-state index >= 15 is 0 Å². The summed E-state index contributed by atoms with van der Waals surface area (Å²) in [5, 5.41) is 12.2. The van der Waals surface area contributed by atoms with Gasteiger partial charge in [0.25, 0.3) is 0 Å². The number of carbonyl (C=O) groups excluding carboxylic acids is 1. The molecule has 0 saturated heterocycles. The third-order valence-electron chi connectivity index (χ3n) is 3.81. The van der Waals surface area contributed by atoms with Crippen molar-refractivity contribution in [2.45, 2.75) is 77.9 Å². The van der Waals surface area contributed by atoms with Crippen LogP contribution in [0.5, 0.6) is 0 Å². The summed E-state index contributed by atoms with van der Waals surface area (Å²) in [6, 6.07) is 0. The Labute approximate surface area is 127 Å². The molecule has 1 amide bonds. The highest BCUT2D eigenvalue weighted by Crippen LogP contribution is 2.36. The molecule has 1 saturated carbocycles. The number of carbonyl (C=O) groups is 2. The molecule has 1 rings (SSSR count). The maximum Gasteiger partial charge on any atom is 0.408 e. The van der Waals surface area contributed by atoms with E-state index in [0.29, 0.717) is 24.7 Å². The smallest absolute Gasteiger partial charge is 0.408 e. The molecule has 0 bridgehead atoms. The second-order valence-electron chi connectivity index (χ2n) is 7.61. The van der Waals surface area contributed by atoms with E-state index in [1.54, 1.807) is 20.8 Å². The zero-order chi connectivity index (χ0) is 16.3. The van der Waals surface area contributed by atoms with Crippen molar-refractivity contribution in [3.63, 3.8) is 0 Å². The number of hydrogen-bond acceptors (Lipinski definition) is 3. The third kappa shape index (κ3) is 5.56. The van der Waals surface area contributed by atoms with Crippen LogP contribution in [-0.2, 0) is 9.53 Å². The quantitative estimate of drug-likeness (QED) is 0.832. The molecule has 0 aromatic heterocycles. The molecule has 0 heterocycles. The lowest BCUT2D eigenvalue weighted by Crippen LogP contribution is -2.57. The predicted molar refractivity (Wildman–Crippen MR) is 81.1 cm³/mol. The fraction of sp³-hybridized carbons (Fsp3) is 0.875. The van der Waals surface area contributed by atoms with Crippen LogP contribution < -0.4 is 5.32 Å². The zero-order valence-electron chi connectivity index (χ0n) is 13.9. The maximum atomic E-state index is 12.0. The van der Waals surface area contributed by atoms with Gasteiger partial charge in [0, 0.05) is 0 Å². The van der Waals surface area contributed by atoms with E-state index in [0.717, 1.165) is 19.3 Å². The fourth-order valence-corrected chi connectivity index (χ4v) is 3.12. The highest BCUT2D eigenvalue weighted by atomic mass is 16.6. The molecule has 2 N–H and O–H groups in total. The van der Waals surface area contributed by atoms with Crippen LogP contribution >= 0.6 is 0 Å². The first-order valence-electron chi connectivity index (χ1n) is 7.78. The molecule has 2 atom stereocenters. The highest BCUT2D eigenvalue weighted by molar-refractivity contribution is 5.84. The first-order valence-corrected chi connectivity index (χ1v) is 7.78. The van der Waals surface area contributed by atoms with Gasteiger partial charge >= 0.3 is 12.1 Å². The number of carboxylic acid groups (broad SMARTS) is 1. The molecule has 21 heavy (non-hydrogen) atoms. The second kappa shape index (κ2) is 6.67. The maximum absolute atomic E-state index is 12.0. The van der Waals surface area contributed by atoms with Gasteiger partial charge in [-0.1, -0.05) is 26.7 Å². The summed E-state index contributed by atoms with van der Waals surface area (Å²) in [4.78, 5) is 23.7. The summed E-state index contributed by atoms with van der Waals surface area (Å²) in [5.41, 5.74) is -1.81. The average molecular weight is 299 g/mol. The second-order valence-corrected chi connectivity index (χ2v) is 7.61. The molecule has 5 nitrogen and oxygen atoms in total. The van der Waals surface area contributed by atoms with Crippen LogP contribution in [0.4, 0.5) is 4.79 Å². The average Bonchev–Trinajstić information content (AvgIpc) is 2.24. The van der Waals surface area contributed by atoms with E-state index in [4.69, 9.17) is 4.74 Å². The number of ether oxygens (including phenoxy) is 1. The lowest BCUT2D eigenvalue weighted by atomic mass is 9.73. The Bertz CT molecular complexity index is 386. The van der Waals surface area contributed by atoms with E-state index in [-0.39, 0.29) is 0 Å². The lowest BCUT2D eigenvalue weighted by Gasteiger charge is -2.39. The molecular formula is C16H29NO4. The van der Waals surface area contributed by atoms with E-state index in [1.807, 2.05) is 0 Å². The molecule has 0 radical (unpaired) electrons. The van der Waals surface area contributed by atoms with Crippen LogP contribution in [-0.4, -0.2) is 28.3 Å². The van der Waals surface area contributed by atoms with E-state index < -0.39 is 23.2 Å². The van der Waals surface area contributed by atoms with Gasteiger partial charge in [0.05, 0.1) is 0 Å². The molecule has 122 valence electrons. The topological polar surface area (TPSA) is 75.6 Å². The number of aliphatic carboxylic acids is 1. The van der Waals surface area contributed by atoms with Gasteiger partial charge in [-0.15, -0.1) is 0 Å². The Morgan fingerprint density at radius 2 is 2.00 bits per heavy atom. The molecule has 1 aliphatic carbocycles. The first-order chi connectivity index (χ1) is 9.54. The number of rotatable bonds is 4. The van der Waals surface area contributed by atoms with Crippen molar-refractivity contribution in [2.75, 3.05) is 0 Å². The van der Waals surface area contributed by atoms with Crippen molar-refractivity contribution in [2.24, 2.45) is 11.8 Å². The van der Waals surface area contributed by atoms with Crippen molar-refractivity contribution in [1.82, 2.24) is 5.32 Å². The number of amides is 1. The van der Waals surface area contributed by atoms with Crippen LogP contribution in [0, 0.1) is 11.8 Å². The predicted octanol–water partition coefficient (Wildman–Crippen LogP) is 3.57. The van der Waals surface area contributed by atoms with Crippen LogP contribution in [0.15, 0.2) is 0 Å². The molecule has 5 heteroatoms. The Kier molecular flexibility index (Phi) is 5.65. The van der Waals surface area contributed by atoms with Gasteiger partial charge in [-0.25, -0.2) is 9.59 Å². The molecule has 2 unspecified atom stereocenters. The number of hydrogen-bond donors (Lipinski definition) is 2. The minimum absolute atomic E-state index is 0.338. The Hall–Kier alpha value is -1.26. The Morgan fingerprint density at radius 3 is 2.48 bits per heavy atom. The van der Waals surface area contributed by atoms with Gasteiger partial charge in [0.1, 0.15) is 11.1 Å². The van der Waals surface area contributed by atoms with Crippen molar-refractivity contribution >= 4 is 12.1 Å². The molecule has 0 aromatic rings. The molecule has 1 aliphatic rings. The summed E-state index contributed by atoms with van der Waals surface area (Å²) >= 11 is 0. The van der Waals surface area contributed by atoms with Crippen LogP contribution in [0.3, 0.4) is 0 Å². The fourth-order valence-electron chi connectivity index (χ4n) is 3.12. The van der Waals surface area contributed by atoms with Gasteiger partial charge in [0.2, 0.25) is 0 Å². The van der Waals surface area contributed by atoms with Crippen molar-refractivity contribution < 1.29 is 19.4 Å². The minimum atomic E-state index is -1.18. The summed E-state index contributed by atoms with van der Waals surface area (Å²) < 4.78 is 5.22. The number of carboxylic acids is 1. The van der Waals surface area contributed by atoms with E-state index in [1.165, 1.54) is 0 Å². The van der Waals surface area contributed by atoms with Gasteiger partial charge in [-0.2, -0.15) is 0 Å². The zero-order valence-corrected chi connectivity index (χ0v) is 13.9. The SMILES string of the molecule is CC(C)CC1CCCC(NC(=O)OC(C)(C)C)(C(=O)O)C1. The standard InChI is InChI=1S/C16H29NO4/c1-11(2)9-12-7-6-8-16(10-12,13(18)19)17-14(20)21-15(3,4)5/h11-12H,6-10H2,1-5H3,(H,17,20)(H,18,19). The summed E-state index contributed by atoms with van der Waals surface area (Å²) in [7, 11) is 0. The van der Waals surface area contributed by atoms with Gasteiger partial charge in [0.15, 0.2) is 0 Å². The van der Waals surface area contributed by atoms with Gasteiger partial charge in [-0.05, 0) is 51.9 Å². The summed E-state index contributed by atoms with van der Waals surface area (Å²) in [6.45, 7) is 9.57. The molecular weight excluding hydrogens is 270 g/mol. The third-order valence-corrected chi connectivity index (χ3v) is 3.81. The monoisotopic (exact) mass is 299 g/mol. The van der Waals surface area contributed by atoms with Crippen molar-refractivity contribution in [3.8, 4) is 0 Å². The summed E-state index contributed by atoms with van der Waals surface area (Å²) in [5.74, 6) is -0.0901. The van der Waals surface area contributed by atoms with Crippen LogP contribution in [0.25, 0.3) is 0 Å². The van der Waals surface area contributed by atoms with Crippen molar-refractivity contribution in [3.05, 3.63) is 0 Å². The lowest BCUT2D eigenvalue weighted by molar-refractivity contribution is -0.147.